The first-order valence-corrected chi connectivity index (χ1v) is 11.7. The van der Waals surface area contributed by atoms with Crippen LogP contribution in [0, 0.1) is 5.92 Å². The first-order chi connectivity index (χ1) is 15.7. The molecular formula is C24H31N7O. The van der Waals surface area contributed by atoms with Crippen LogP contribution in [0.25, 0.3) is 17.0 Å². The number of anilines is 1. The first-order valence-electron chi connectivity index (χ1n) is 11.7. The molecule has 1 aliphatic heterocycles. The number of aromatic nitrogens is 4. The fraction of sp³-hybridized carbons (Fsp3) is 0.500. The van der Waals surface area contributed by atoms with Gasteiger partial charge in [-0.25, -0.2) is 0 Å². The summed E-state index contributed by atoms with van der Waals surface area (Å²) in [7, 11) is 0. The molecule has 2 aromatic heterocycles. The summed E-state index contributed by atoms with van der Waals surface area (Å²) in [5.74, 6) is 2.54. The highest BCUT2D eigenvalue weighted by molar-refractivity contribution is 5.78. The molecule has 1 saturated heterocycles. The molecule has 2 unspecified atom stereocenters. The SMILES string of the molecule is CC1CCCC(NC(=O)CN2CCN(c3ccc4nnc(-c5ccccc5)n4n3)CC2)C1. The number of rotatable bonds is 5. The van der Waals surface area contributed by atoms with Gasteiger partial charge in [0.2, 0.25) is 5.91 Å². The highest BCUT2D eigenvalue weighted by atomic mass is 16.2. The van der Waals surface area contributed by atoms with Crippen molar-refractivity contribution < 1.29 is 4.79 Å². The van der Waals surface area contributed by atoms with E-state index in [1.165, 1.54) is 12.8 Å². The average molecular weight is 434 g/mol. The van der Waals surface area contributed by atoms with Gasteiger partial charge in [-0.3, -0.25) is 9.69 Å². The van der Waals surface area contributed by atoms with Crippen LogP contribution in [0.4, 0.5) is 5.82 Å². The molecule has 1 saturated carbocycles. The first kappa shape index (κ1) is 20.9. The smallest absolute Gasteiger partial charge is 0.234 e. The second-order valence-electron chi connectivity index (χ2n) is 9.15. The summed E-state index contributed by atoms with van der Waals surface area (Å²) < 4.78 is 1.82. The number of nitrogens with one attached hydrogen (secondary N) is 1. The topological polar surface area (TPSA) is 78.7 Å². The summed E-state index contributed by atoms with van der Waals surface area (Å²) in [6, 6.07) is 14.3. The van der Waals surface area contributed by atoms with Crippen molar-refractivity contribution >= 4 is 17.4 Å². The molecule has 168 valence electrons. The Morgan fingerprint density at radius 3 is 2.62 bits per heavy atom. The fourth-order valence-corrected chi connectivity index (χ4v) is 4.89. The van der Waals surface area contributed by atoms with E-state index in [4.69, 9.17) is 5.10 Å². The number of piperazine rings is 1. The quantitative estimate of drug-likeness (QED) is 0.666. The van der Waals surface area contributed by atoms with Crippen molar-refractivity contribution in [2.75, 3.05) is 37.6 Å². The minimum Gasteiger partial charge on any atom is -0.353 e. The average Bonchev–Trinajstić information content (AvgIpc) is 3.23. The highest BCUT2D eigenvalue weighted by Gasteiger charge is 2.24. The second kappa shape index (κ2) is 9.24. The largest absolute Gasteiger partial charge is 0.353 e. The number of nitrogens with zero attached hydrogens (tertiary/aromatic N) is 6. The van der Waals surface area contributed by atoms with Crippen LogP contribution in [0.2, 0.25) is 0 Å². The van der Waals surface area contributed by atoms with Gasteiger partial charge in [0.05, 0.1) is 6.54 Å². The van der Waals surface area contributed by atoms with Gasteiger partial charge in [0.1, 0.15) is 5.82 Å². The van der Waals surface area contributed by atoms with Gasteiger partial charge < -0.3 is 10.2 Å². The minimum atomic E-state index is 0.161. The Hall–Kier alpha value is -3.00. The fourth-order valence-electron chi connectivity index (χ4n) is 4.89. The molecule has 1 aromatic carbocycles. The monoisotopic (exact) mass is 433 g/mol. The van der Waals surface area contributed by atoms with Crippen LogP contribution in [0.15, 0.2) is 42.5 Å². The van der Waals surface area contributed by atoms with Crippen LogP contribution in [0.1, 0.15) is 32.6 Å². The Morgan fingerprint density at radius 2 is 1.84 bits per heavy atom. The molecule has 8 heteroatoms. The van der Waals surface area contributed by atoms with Gasteiger partial charge in [-0.05, 0) is 30.9 Å². The number of carbonyl (C=O) groups excluding carboxylic acids is 1. The zero-order valence-electron chi connectivity index (χ0n) is 18.7. The molecule has 8 nitrogen and oxygen atoms in total. The third kappa shape index (κ3) is 4.60. The highest BCUT2D eigenvalue weighted by Crippen LogP contribution is 2.23. The van der Waals surface area contributed by atoms with Crippen LogP contribution in [-0.2, 0) is 4.79 Å². The van der Waals surface area contributed by atoms with E-state index in [0.29, 0.717) is 12.6 Å². The summed E-state index contributed by atoms with van der Waals surface area (Å²) >= 11 is 0. The number of hydrogen-bond acceptors (Lipinski definition) is 6. The van der Waals surface area contributed by atoms with E-state index in [2.05, 4.69) is 32.2 Å². The molecule has 2 aliphatic rings. The minimum absolute atomic E-state index is 0.161. The van der Waals surface area contributed by atoms with Crippen LogP contribution in [0.5, 0.6) is 0 Å². The van der Waals surface area contributed by atoms with Gasteiger partial charge in [-0.2, -0.15) is 4.52 Å². The molecule has 3 heterocycles. The standard InChI is InChI=1S/C24H31N7O/c1-18-6-5-9-20(16-18)25-23(32)17-29-12-14-30(15-13-29)22-11-10-21-26-27-24(31(21)28-22)19-7-3-2-4-8-19/h2-4,7-8,10-11,18,20H,5-6,9,12-17H2,1H3,(H,25,32). The number of benzene rings is 1. The van der Waals surface area contributed by atoms with E-state index < -0.39 is 0 Å². The lowest BCUT2D eigenvalue weighted by molar-refractivity contribution is -0.123. The molecule has 1 amide bonds. The summed E-state index contributed by atoms with van der Waals surface area (Å²) in [5, 5.41) is 16.7. The predicted octanol–water partition coefficient (Wildman–Crippen LogP) is 2.61. The van der Waals surface area contributed by atoms with Gasteiger partial charge in [-0.1, -0.05) is 50.1 Å². The van der Waals surface area contributed by atoms with Gasteiger partial charge in [0, 0.05) is 37.8 Å². The number of amides is 1. The number of carbonyl (C=O) groups is 1. The molecule has 2 fully saturated rings. The lowest BCUT2D eigenvalue weighted by Crippen LogP contribution is -2.51. The van der Waals surface area contributed by atoms with Crippen LogP contribution in [0.3, 0.4) is 0 Å². The zero-order chi connectivity index (χ0) is 21.9. The Kier molecular flexibility index (Phi) is 6.03. The molecular weight excluding hydrogens is 402 g/mol. The zero-order valence-corrected chi connectivity index (χ0v) is 18.7. The van der Waals surface area contributed by atoms with Crippen molar-refractivity contribution in [3.8, 4) is 11.4 Å². The van der Waals surface area contributed by atoms with E-state index >= 15 is 0 Å². The third-order valence-corrected chi connectivity index (χ3v) is 6.65. The number of fused-ring (bicyclic) bond motifs is 1. The van der Waals surface area contributed by atoms with Gasteiger partial charge in [0.15, 0.2) is 11.5 Å². The van der Waals surface area contributed by atoms with E-state index in [9.17, 15) is 4.79 Å². The maximum Gasteiger partial charge on any atom is 0.234 e. The van der Waals surface area contributed by atoms with Gasteiger partial charge in [-0.15, -0.1) is 15.3 Å². The molecule has 3 aromatic rings. The third-order valence-electron chi connectivity index (χ3n) is 6.65. The lowest BCUT2D eigenvalue weighted by atomic mass is 9.87. The maximum absolute atomic E-state index is 12.5. The summed E-state index contributed by atoms with van der Waals surface area (Å²) in [5.41, 5.74) is 1.73. The van der Waals surface area contributed by atoms with Crippen molar-refractivity contribution in [3.63, 3.8) is 0 Å². The summed E-state index contributed by atoms with van der Waals surface area (Å²) in [4.78, 5) is 17.0. The van der Waals surface area contributed by atoms with Crippen molar-refractivity contribution in [2.24, 2.45) is 5.92 Å². The van der Waals surface area contributed by atoms with E-state index in [-0.39, 0.29) is 5.91 Å². The van der Waals surface area contributed by atoms with Crippen LogP contribution in [-0.4, -0.2) is 69.4 Å². The molecule has 32 heavy (non-hydrogen) atoms. The van der Waals surface area contributed by atoms with Crippen LogP contribution < -0.4 is 10.2 Å². The summed E-state index contributed by atoms with van der Waals surface area (Å²) in [6.07, 6.45) is 4.74. The normalized spacial score (nSPS) is 22.2. The van der Waals surface area contributed by atoms with Gasteiger partial charge >= 0.3 is 0 Å². The molecule has 2 atom stereocenters. The molecule has 1 N–H and O–H groups in total. The Balaban J connectivity index is 1.19. The Labute approximate surface area is 188 Å². The van der Waals surface area contributed by atoms with E-state index in [0.717, 1.165) is 67.8 Å². The van der Waals surface area contributed by atoms with Crippen molar-refractivity contribution in [2.45, 2.75) is 38.6 Å². The molecule has 0 radical (unpaired) electrons. The van der Waals surface area contributed by atoms with E-state index in [1.54, 1.807) is 0 Å². The molecule has 0 spiro atoms. The number of hydrogen-bond donors (Lipinski definition) is 1. The summed E-state index contributed by atoms with van der Waals surface area (Å²) in [6.45, 7) is 6.15. The van der Waals surface area contributed by atoms with E-state index in [1.807, 2.05) is 47.0 Å². The Bertz CT molecular complexity index is 1060. The van der Waals surface area contributed by atoms with Crippen molar-refractivity contribution in [1.82, 2.24) is 30.0 Å². The predicted molar refractivity (Wildman–Crippen MR) is 124 cm³/mol. The van der Waals surface area contributed by atoms with Crippen molar-refractivity contribution in [1.29, 1.82) is 0 Å². The molecule has 5 rings (SSSR count). The molecule has 1 aliphatic carbocycles. The molecule has 0 bridgehead atoms. The maximum atomic E-state index is 12.5. The van der Waals surface area contributed by atoms with Crippen molar-refractivity contribution in [3.05, 3.63) is 42.5 Å². The lowest BCUT2D eigenvalue weighted by Gasteiger charge is -2.35. The Morgan fingerprint density at radius 1 is 1.03 bits per heavy atom. The van der Waals surface area contributed by atoms with Crippen LogP contribution >= 0.6 is 0 Å². The van der Waals surface area contributed by atoms with Gasteiger partial charge in [0.25, 0.3) is 0 Å². The second-order valence-corrected chi connectivity index (χ2v) is 9.15.